The van der Waals surface area contributed by atoms with Crippen LogP contribution in [0.5, 0.6) is 0 Å². The molecule has 2 rings (SSSR count). The molecule has 0 radical (unpaired) electrons. The zero-order valence-electron chi connectivity index (χ0n) is 10.8. The molecule has 1 N–H and O–H groups in total. The third-order valence-corrected chi connectivity index (χ3v) is 2.60. The number of rotatable bonds is 7. The Labute approximate surface area is 111 Å². The van der Waals surface area contributed by atoms with Gasteiger partial charge in [0.05, 0.1) is 19.8 Å². The van der Waals surface area contributed by atoms with Crippen molar-refractivity contribution in [2.24, 2.45) is 0 Å². The van der Waals surface area contributed by atoms with Crippen molar-refractivity contribution >= 4 is 16.9 Å². The van der Waals surface area contributed by atoms with Crippen LogP contribution in [0.25, 0.3) is 11.0 Å². The highest BCUT2D eigenvalue weighted by Crippen LogP contribution is 2.18. The second kappa shape index (κ2) is 6.92. The molecule has 0 saturated carbocycles. The van der Waals surface area contributed by atoms with Gasteiger partial charge in [0.15, 0.2) is 0 Å². The largest absolute Gasteiger partial charge is 0.459 e. The van der Waals surface area contributed by atoms with Gasteiger partial charge >= 0.3 is 0 Å². The van der Waals surface area contributed by atoms with E-state index in [0.717, 1.165) is 16.7 Å². The minimum absolute atomic E-state index is 0.0313. The van der Waals surface area contributed by atoms with Gasteiger partial charge in [-0.1, -0.05) is 18.2 Å². The maximum atomic E-state index is 11.5. The Morgan fingerprint density at radius 2 is 2.16 bits per heavy atom. The van der Waals surface area contributed by atoms with E-state index in [2.05, 4.69) is 5.32 Å². The number of hydrogen-bond donors (Lipinski definition) is 1. The SMILES string of the molecule is COCCOCC(=O)NCc1cc2ccccc2o1. The summed E-state index contributed by atoms with van der Waals surface area (Å²) in [7, 11) is 1.59. The van der Waals surface area contributed by atoms with E-state index >= 15 is 0 Å². The minimum Gasteiger partial charge on any atom is -0.459 e. The third kappa shape index (κ3) is 4.08. The molecule has 0 bridgehead atoms. The number of hydrogen-bond acceptors (Lipinski definition) is 4. The lowest BCUT2D eigenvalue weighted by molar-refractivity contribution is -0.126. The average molecular weight is 263 g/mol. The highest BCUT2D eigenvalue weighted by atomic mass is 16.5. The first kappa shape index (κ1) is 13.6. The molecule has 1 aromatic heterocycles. The van der Waals surface area contributed by atoms with Gasteiger partial charge in [0.1, 0.15) is 18.0 Å². The zero-order valence-corrected chi connectivity index (χ0v) is 10.8. The van der Waals surface area contributed by atoms with Gasteiger partial charge in [-0.2, -0.15) is 0 Å². The zero-order chi connectivity index (χ0) is 13.5. The lowest BCUT2D eigenvalue weighted by Gasteiger charge is -2.04. The number of fused-ring (bicyclic) bond motifs is 1. The summed E-state index contributed by atoms with van der Waals surface area (Å²) in [6, 6.07) is 9.65. The number of furan rings is 1. The van der Waals surface area contributed by atoms with E-state index < -0.39 is 0 Å². The number of amides is 1. The van der Waals surface area contributed by atoms with Crippen molar-refractivity contribution in [1.29, 1.82) is 0 Å². The molecule has 0 aliphatic heterocycles. The van der Waals surface area contributed by atoms with E-state index in [4.69, 9.17) is 13.9 Å². The summed E-state index contributed by atoms with van der Waals surface area (Å²) in [5, 5.41) is 3.77. The first-order chi connectivity index (χ1) is 9.29. The van der Waals surface area contributed by atoms with Gasteiger partial charge in [-0.3, -0.25) is 4.79 Å². The summed E-state index contributed by atoms with van der Waals surface area (Å²) in [6.07, 6.45) is 0. The fourth-order valence-corrected chi connectivity index (χ4v) is 1.67. The maximum absolute atomic E-state index is 11.5. The molecular formula is C14H17NO4. The second-order valence-electron chi connectivity index (χ2n) is 4.07. The van der Waals surface area contributed by atoms with Crippen molar-refractivity contribution in [2.75, 3.05) is 26.9 Å². The van der Waals surface area contributed by atoms with Gasteiger partial charge in [-0.05, 0) is 12.1 Å². The van der Waals surface area contributed by atoms with Gasteiger partial charge < -0.3 is 19.2 Å². The molecule has 1 aromatic carbocycles. The predicted octanol–water partition coefficient (Wildman–Crippen LogP) is 1.71. The average Bonchev–Trinajstić information content (AvgIpc) is 2.84. The molecule has 1 amide bonds. The predicted molar refractivity (Wildman–Crippen MR) is 70.8 cm³/mol. The van der Waals surface area contributed by atoms with Crippen LogP contribution in [-0.4, -0.2) is 32.8 Å². The molecule has 1 heterocycles. The van der Waals surface area contributed by atoms with Crippen molar-refractivity contribution in [3.05, 3.63) is 36.1 Å². The quantitative estimate of drug-likeness (QED) is 0.773. The van der Waals surface area contributed by atoms with Crippen molar-refractivity contribution in [3.8, 4) is 0 Å². The Morgan fingerprint density at radius 1 is 1.32 bits per heavy atom. The fourth-order valence-electron chi connectivity index (χ4n) is 1.67. The van der Waals surface area contributed by atoms with E-state index in [1.165, 1.54) is 0 Å². The normalized spacial score (nSPS) is 10.8. The lowest BCUT2D eigenvalue weighted by Crippen LogP contribution is -2.27. The van der Waals surface area contributed by atoms with Crippen LogP contribution in [0.15, 0.2) is 34.7 Å². The van der Waals surface area contributed by atoms with E-state index in [0.29, 0.717) is 19.8 Å². The van der Waals surface area contributed by atoms with Crippen LogP contribution in [0.1, 0.15) is 5.76 Å². The number of nitrogens with one attached hydrogen (secondary N) is 1. The molecule has 2 aromatic rings. The highest BCUT2D eigenvalue weighted by molar-refractivity contribution is 5.79. The topological polar surface area (TPSA) is 60.7 Å². The smallest absolute Gasteiger partial charge is 0.246 e. The molecule has 102 valence electrons. The van der Waals surface area contributed by atoms with E-state index in [1.807, 2.05) is 30.3 Å². The molecule has 0 saturated heterocycles. The van der Waals surface area contributed by atoms with Crippen LogP contribution in [0.4, 0.5) is 0 Å². The molecule has 0 fully saturated rings. The van der Waals surface area contributed by atoms with Gasteiger partial charge in [0, 0.05) is 12.5 Å². The standard InChI is InChI=1S/C14H17NO4/c1-17-6-7-18-10-14(16)15-9-12-8-11-4-2-3-5-13(11)19-12/h2-5,8H,6-7,9-10H2,1H3,(H,15,16). The Kier molecular flexibility index (Phi) is 4.94. The summed E-state index contributed by atoms with van der Waals surface area (Å²) >= 11 is 0. The van der Waals surface area contributed by atoms with Crippen molar-refractivity contribution in [3.63, 3.8) is 0 Å². The molecular weight excluding hydrogens is 246 g/mol. The molecule has 5 heteroatoms. The van der Waals surface area contributed by atoms with Crippen LogP contribution in [0.3, 0.4) is 0 Å². The summed E-state index contributed by atoms with van der Waals surface area (Å²) in [4.78, 5) is 11.5. The number of carbonyl (C=O) groups is 1. The monoisotopic (exact) mass is 263 g/mol. The lowest BCUT2D eigenvalue weighted by atomic mass is 10.2. The van der Waals surface area contributed by atoms with Gasteiger partial charge in [0.2, 0.25) is 5.91 Å². The number of methoxy groups -OCH3 is 1. The van der Waals surface area contributed by atoms with Crippen LogP contribution >= 0.6 is 0 Å². The summed E-state index contributed by atoms with van der Waals surface area (Å²) in [5.74, 6) is 0.558. The number of benzene rings is 1. The molecule has 0 aliphatic rings. The maximum Gasteiger partial charge on any atom is 0.246 e. The van der Waals surface area contributed by atoms with E-state index in [9.17, 15) is 4.79 Å². The number of para-hydroxylation sites is 1. The molecule has 0 atom stereocenters. The van der Waals surface area contributed by atoms with Gasteiger partial charge in [0.25, 0.3) is 0 Å². The molecule has 0 aliphatic carbocycles. The summed E-state index contributed by atoms with van der Waals surface area (Å²) < 4.78 is 15.5. The highest BCUT2D eigenvalue weighted by Gasteiger charge is 2.05. The second-order valence-corrected chi connectivity index (χ2v) is 4.07. The summed E-state index contributed by atoms with van der Waals surface area (Å²) in [5.41, 5.74) is 0.822. The Hall–Kier alpha value is -1.85. The number of carbonyl (C=O) groups excluding carboxylic acids is 1. The minimum atomic E-state index is -0.170. The van der Waals surface area contributed by atoms with E-state index in [-0.39, 0.29) is 12.5 Å². The third-order valence-electron chi connectivity index (χ3n) is 2.60. The van der Waals surface area contributed by atoms with Crippen LogP contribution in [-0.2, 0) is 20.8 Å². The molecule has 0 unspecified atom stereocenters. The first-order valence-corrected chi connectivity index (χ1v) is 6.10. The fraction of sp³-hybridized carbons (Fsp3) is 0.357. The molecule has 5 nitrogen and oxygen atoms in total. The first-order valence-electron chi connectivity index (χ1n) is 6.10. The molecule has 19 heavy (non-hydrogen) atoms. The Morgan fingerprint density at radius 3 is 2.95 bits per heavy atom. The van der Waals surface area contributed by atoms with Crippen molar-refractivity contribution < 1.29 is 18.7 Å². The summed E-state index contributed by atoms with van der Waals surface area (Å²) in [6.45, 7) is 1.29. The van der Waals surface area contributed by atoms with Crippen LogP contribution in [0, 0.1) is 0 Å². The van der Waals surface area contributed by atoms with E-state index in [1.54, 1.807) is 7.11 Å². The van der Waals surface area contributed by atoms with Crippen molar-refractivity contribution in [2.45, 2.75) is 6.54 Å². The Bertz CT molecular complexity index is 502. The Balaban J connectivity index is 1.77. The van der Waals surface area contributed by atoms with Gasteiger partial charge in [-0.15, -0.1) is 0 Å². The van der Waals surface area contributed by atoms with Crippen LogP contribution in [0.2, 0.25) is 0 Å². The van der Waals surface area contributed by atoms with Crippen LogP contribution < -0.4 is 5.32 Å². The molecule has 0 spiro atoms. The number of ether oxygens (including phenoxy) is 2. The van der Waals surface area contributed by atoms with Crippen molar-refractivity contribution in [1.82, 2.24) is 5.32 Å². The van der Waals surface area contributed by atoms with Gasteiger partial charge in [-0.25, -0.2) is 0 Å².